The van der Waals surface area contributed by atoms with Gasteiger partial charge >= 0.3 is 5.97 Å². The summed E-state index contributed by atoms with van der Waals surface area (Å²) in [5, 5.41) is 3.18. The number of ether oxygens (including phenoxy) is 1. The number of nitrogens with zero attached hydrogens (tertiary/aromatic N) is 1. The minimum atomic E-state index is -0.142. The van der Waals surface area contributed by atoms with E-state index >= 15 is 0 Å². The minimum Gasteiger partial charge on any atom is -0.466 e. The number of carbonyl (C=O) groups excluding carboxylic acids is 1. The second kappa shape index (κ2) is 7.22. The minimum absolute atomic E-state index is 0.142. The van der Waals surface area contributed by atoms with Gasteiger partial charge in [-0.25, -0.2) is 0 Å². The van der Waals surface area contributed by atoms with Crippen LogP contribution in [0, 0.1) is 0 Å². The Hall–Kier alpha value is -1.10. The summed E-state index contributed by atoms with van der Waals surface area (Å²) < 4.78 is 5.76. The van der Waals surface area contributed by atoms with Crippen LogP contribution in [-0.2, 0) is 9.53 Å². The average molecular weight is 287 g/mol. The number of anilines is 1. The molecule has 1 N–H and O–H groups in total. The summed E-state index contributed by atoms with van der Waals surface area (Å²) in [7, 11) is 0. The summed E-state index contributed by atoms with van der Waals surface area (Å²) in [6, 6.07) is 1.94. The lowest BCUT2D eigenvalue weighted by Gasteiger charge is -2.05. The summed E-state index contributed by atoms with van der Waals surface area (Å²) in [4.78, 5) is 15.1. The summed E-state index contributed by atoms with van der Waals surface area (Å²) >= 11 is 3.34. The van der Waals surface area contributed by atoms with Crippen molar-refractivity contribution in [1.29, 1.82) is 0 Å². The zero-order valence-electron chi connectivity index (χ0n) is 9.20. The lowest BCUT2D eigenvalue weighted by Crippen LogP contribution is -2.08. The molecule has 0 aliphatic carbocycles. The molecule has 88 valence electrons. The number of aromatic nitrogens is 1. The van der Waals surface area contributed by atoms with E-state index in [4.69, 9.17) is 4.74 Å². The predicted octanol–water partition coefficient (Wildman–Crippen LogP) is 2.60. The first-order valence-corrected chi connectivity index (χ1v) is 6.01. The van der Waals surface area contributed by atoms with E-state index in [0.29, 0.717) is 13.0 Å². The van der Waals surface area contributed by atoms with Gasteiger partial charge in [-0.05, 0) is 35.3 Å². The number of carbonyl (C=O) groups is 1. The predicted molar refractivity (Wildman–Crippen MR) is 66.3 cm³/mol. The summed E-state index contributed by atoms with van der Waals surface area (Å²) in [5.41, 5.74) is 0.943. The number of hydrogen-bond donors (Lipinski definition) is 1. The van der Waals surface area contributed by atoms with Crippen molar-refractivity contribution < 1.29 is 9.53 Å². The van der Waals surface area contributed by atoms with Crippen molar-refractivity contribution in [3.8, 4) is 0 Å². The molecule has 0 unspecified atom stereocenters. The molecule has 0 aromatic carbocycles. The van der Waals surface area contributed by atoms with Gasteiger partial charge < -0.3 is 10.1 Å². The molecule has 1 aromatic heterocycles. The van der Waals surface area contributed by atoms with Gasteiger partial charge in [0.05, 0.1) is 18.5 Å². The zero-order chi connectivity index (χ0) is 11.8. The zero-order valence-corrected chi connectivity index (χ0v) is 10.8. The number of rotatable bonds is 6. The third kappa shape index (κ3) is 5.11. The lowest BCUT2D eigenvalue weighted by molar-refractivity contribution is -0.143. The standard InChI is InChI=1S/C11H15BrN2O2/c1-2-16-11(15)4-3-5-14-10-6-9(12)7-13-8-10/h6-8,14H,2-5H2,1H3. The number of halogens is 1. The molecule has 0 aliphatic rings. The van der Waals surface area contributed by atoms with Gasteiger partial charge in [-0.3, -0.25) is 9.78 Å². The first-order chi connectivity index (χ1) is 7.72. The van der Waals surface area contributed by atoms with Crippen LogP contribution in [0.25, 0.3) is 0 Å². The Kier molecular flexibility index (Phi) is 5.85. The molecular weight excluding hydrogens is 272 g/mol. The van der Waals surface area contributed by atoms with Crippen molar-refractivity contribution in [2.75, 3.05) is 18.5 Å². The van der Waals surface area contributed by atoms with Gasteiger partial charge in [0.1, 0.15) is 0 Å². The number of esters is 1. The maximum Gasteiger partial charge on any atom is 0.305 e. The van der Waals surface area contributed by atoms with Crippen LogP contribution in [0.5, 0.6) is 0 Å². The van der Waals surface area contributed by atoms with Crippen molar-refractivity contribution in [3.05, 3.63) is 22.9 Å². The molecule has 0 bridgehead atoms. The van der Waals surface area contributed by atoms with Gasteiger partial charge in [-0.1, -0.05) is 0 Å². The molecule has 16 heavy (non-hydrogen) atoms. The van der Waals surface area contributed by atoms with Crippen LogP contribution in [0.15, 0.2) is 22.9 Å². The van der Waals surface area contributed by atoms with Gasteiger partial charge in [-0.15, -0.1) is 0 Å². The van der Waals surface area contributed by atoms with E-state index in [9.17, 15) is 4.79 Å². The molecule has 5 heteroatoms. The molecule has 4 nitrogen and oxygen atoms in total. The third-order valence-corrected chi connectivity index (χ3v) is 2.33. The van der Waals surface area contributed by atoms with Crippen LogP contribution >= 0.6 is 15.9 Å². The van der Waals surface area contributed by atoms with Crippen molar-refractivity contribution in [2.24, 2.45) is 0 Å². The monoisotopic (exact) mass is 286 g/mol. The second-order valence-corrected chi connectivity index (χ2v) is 4.14. The molecule has 0 radical (unpaired) electrons. The molecule has 1 heterocycles. The van der Waals surface area contributed by atoms with Crippen LogP contribution in [0.1, 0.15) is 19.8 Å². The van der Waals surface area contributed by atoms with Crippen LogP contribution in [0.3, 0.4) is 0 Å². The average Bonchev–Trinajstić information content (AvgIpc) is 2.25. The smallest absolute Gasteiger partial charge is 0.305 e. The van der Waals surface area contributed by atoms with Crippen LogP contribution in [-0.4, -0.2) is 24.1 Å². The highest BCUT2D eigenvalue weighted by Gasteiger charge is 2.00. The molecule has 0 saturated carbocycles. The van der Waals surface area contributed by atoms with Crippen molar-refractivity contribution in [2.45, 2.75) is 19.8 Å². The van der Waals surface area contributed by atoms with Crippen LogP contribution in [0.2, 0.25) is 0 Å². The summed E-state index contributed by atoms with van der Waals surface area (Å²) in [6.07, 6.45) is 4.67. The van der Waals surface area contributed by atoms with Crippen LogP contribution < -0.4 is 5.32 Å². The van der Waals surface area contributed by atoms with Gasteiger partial charge in [0, 0.05) is 23.6 Å². The van der Waals surface area contributed by atoms with Gasteiger partial charge in [0.15, 0.2) is 0 Å². The van der Waals surface area contributed by atoms with Crippen LogP contribution in [0.4, 0.5) is 5.69 Å². The van der Waals surface area contributed by atoms with Crippen molar-refractivity contribution in [1.82, 2.24) is 4.98 Å². The topological polar surface area (TPSA) is 51.2 Å². The molecule has 0 spiro atoms. The molecule has 0 amide bonds. The Balaban J connectivity index is 2.18. The highest BCUT2D eigenvalue weighted by molar-refractivity contribution is 9.10. The normalized spacial score (nSPS) is 9.88. The van der Waals surface area contributed by atoms with Crippen molar-refractivity contribution in [3.63, 3.8) is 0 Å². The molecule has 0 aliphatic heterocycles. The molecule has 1 aromatic rings. The van der Waals surface area contributed by atoms with E-state index in [1.54, 1.807) is 12.4 Å². The van der Waals surface area contributed by atoms with E-state index in [1.165, 1.54) is 0 Å². The Bertz CT molecular complexity index is 345. The largest absolute Gasteiger partial charge is 0.466 e. The highest BCUT2D eigenvalue weighted by atomic mass is 79.9. The first kappa shape index (κ1) is 13.0. The number of pyridine rings is 1. The fourth-order valence-electron chi connectivity index (χ4n) is 1.21. The van der Waals surface area contributed by atoms with Gasteiger partial charge in [0.2, 0.25) is 0 Å². The first-order valence-electron chi connectivity index (χ1n) is 5.22. The van der Waals surface area contributed by atoms with E-state index < -0.39 is 0 Å². The lowest BCUT2D eigenvalue weighted by atomic mass is 10.3. The SMILES string of the molecule is CCOC(=O)CCCNc1cncc(Br)c1. The molecule has 0 fully saturated rings. The maximum absolute atomic E-state index is 11.0. The Labute approximate surface area is 104 Å². The molecule has 1 rings (SSSR count). The fourth-order valence-corrected chi connectivity index (χ4v) is 1.57. The quantitative estimate of drug-likeness (QED) is 0.645. The van der Waals surface area contributed by atoms with Crippen molar-refractivity contribution >= 4 is 27.6 Å². The molecule has 0 saturated heterocycles. The van der Waals surface area contributed by atoms with E-state index in [2.05, 4.69) is 26.2 Å². The highest BCUT2D eigenvalue weighted by Crippen LogP contribution is 2.13. The number of hydrogen-bond acceptors (Lipinski definition) is 4. The van der Waals surface area contributed by atoms with E-state index in [0.717, 1.165) is 23.1 Å². The van der Waals surface area contributed by atoms with E-state index in [-0.39, 0.29) is 5.97 Å². The summed E-state index contributed by atoms with van der Waals surface area (Å²) in [5.74, 6) is -0.142. The third-order valence-electron chi connectivity index (χ3n) is 1.90. The Morgan fingerprint density at radius 3 is 3.06 bits per heavy atom. The maximum atomic E-state index is 11.0. The van der Waals surface area contributed by atoms with Gasteiger partial charge in [-0.2, -0.15) is 0 Å². The Morgan fingerprint density at radius 2 is 2.38 bits per heavy atom. The molecular formula is C11H15BrN2O2. The fraction of sp³-hybridized carbons (Fsp3) is 0.455. The Morgan fingerprint density at radius 1 is 1.56 bits per heavy atom. The van der Waals surface area contributed by atoms with Gasteiger partial charge in [0.25, 0.3) is 0 Å². The second-order valence-electron chi connectivity index (χ2n) is 3.23. The number of nitrogens with one attached hydrogen (secondary N) is 1. The summed E-state index contributed by atoms with van der Waals surface area (Å²) in [6.45, 7) is 2.99. The van der Waals surface area contributed by atoms with E-state index in [1.807, 2.05) is 13.0 Å². The molecule has 0 atom stereocenters.